The molecule has 0 bridgehead atoms. The Morgan fingerprint density at radius 1 is 1.00 bits per heavy atom. The Hall–Kier alpha value is -0.0800. The van der Waals surface area contributed by atoms with E-state index in [1.807, 2.05) is 0 Å². The van der Waals surface area contributed by atoms with Gasteiger partial charge in [0.25, 0.3) is 0 Å². The third kappa shape index (κ3) is 2.60. The van der Waals surface area contributed by atoms with Gasteiger partial charge in [0.1, 0.15) is 0 Å². The van der Waals surface area contributed by atoms with Crippen LogP contribution in [0.25, 0.3) is 0 Å². The summed E-state index contributed by atoms with van der Waals surface area (Å²) in [5, 5.41) is 3.47. The van der Waals surface area contributed by atoms with Gasteiger partial charge in [-0.05, 0) is 63.8 Å². The highest BCUT2D eigenvalue weighted by Gasteiger charge is 2.42. The van der Waals surface area contributed by atoms with Gasteiger partial charge in [-0.1, -0.05) is 19.3 Å². The van der Waals surface area contributed by atoms with Crippen molar-refractivity contribution >= 4 is 0 Å². The summed E-state index contributed by atoms with van der Waals surface area (Å²) in [6.45, 7) is 1.03. The van der Waals surface area contributed by atoms with Crippen LogP contribution in [0.1, 0.15) is 64.2 Å². The van der Waals surface area contributed by atoms with Crippen LogP contribution in [0.2, 0.25) is 0 Å². The van der Waals surface area contributed by atoms with Crippen LogP contribution >= 0.6 is 0 Å². The van der Waals surface area contributed by atoms with E-state index in [4.69, 9.17) is 4.74 Å². The van der Waals surface area contributed by atoms with Crippen molar-refractivity contribution in [2.24, 2.45) is 11.8 Å². The number of rotatable bonds is 2. The number of nitrogens with one attached hydrogen (secondary N) is 1. The predicted octanol–water partition coefficient (Wildman–Crippen LogP) is 3.50. The summed E-state index contributed by atoms with van der Waals surface area (Å²) < 4.78 is 6.23. The molecule has 0 amide bonds. The predicted molar refractivity (Wildman–Crippen MR) is 74.7 cm³/mol. The first-order valence-corrected chi connectivity index (χ1v) is 8.12. The Morgan fingerprint density at radius 3 is 2.56 bits per heavy atom. The third-order valence-electron chi connectivity index (χ3n) is 5.84. The molecule has 3 rings (SSSR count). The largest absolute Gasteiger partial charge is 0.375 e. The Balaban J connectivity index is 1.60. The van der Waals surface area contributed by atoms with Crippen molar-refractivity contribution in [3.8, 4) is 0 Å². The zero-order valence-corrected chi connectivity index (χ0v) is 11.9. The molecule has 1 heterocycles. The molecule has 0 radical (unpaired) electrons. The van der Waals surface area contributed by atoms with E-state index in [1.54, 1.807) is 0 Å². The third-order valence-corrected chi connectivity index (χ3v) is 5.84. The van der Waals surface area contributed by atoms with Crippen molar-refractivity contribution in [2.45, 2.75) is 75.9 Å². The first-order chi connectivity index (χ1) is 8.81. The minimum absolute atomic E-state index is 0.304. The zero-order valence-electron chi connectivity index (χ0n) is 11.9. The van der Waals surface area contributed by atoms with Crippen LogP contribution < -0.4 is 5.32 Å². The van der Waals surface area contributed by atoms with Crippen LogP contribution in [-0.2, 0) is 4.74 Å². The van der Waals surface area contributed by atoms with Crippen molar-refractivity contribution in [1.29, 1.82) is 0 Å². The molecule has 2 saturated carbocycles. The van der Waals surface area contributed by atoms with Gasteiger partial charge in [-0.3, -0.25) is 0 Å². The van der Waals surface area contributed by atoms with Gasteiger partial charge in [-0.2, -0.15) is 0 Å². The van der Waals surface area contributed by atoms with Crippen molar-refractivity contribution in [3.63, 3.8) is 0 Å². The van der Waals surface area contributed by atoms with Crippen LogP contribution in [0.5, 0.6) is 0 Å². The lowest BCUT2D eigenvalue weighted by atomic mass is 9.72. The molecular weight excluding hydrogens is 222 g/mol. The topological polar surface area (TPSA) is 21.3 Å². The molecule has 1 N–H and O–H groups in total. The highest BCUT2D eigenvalue weighted by atomic mass is 16.5. The Bertz CT molecular complexity index is 267. The van der Waals surface area contributed by atoms with Crippen molar-refractivity contribution in [3.05, 3.63) is 0 Å². The lowest BCUT2D eigenvalue weighted by Crippen LogP contribution is -2.43. The molecule has 1 spiro atoms. The molecule has 1 saturated heterocycles. The van der Waals surface area contributed by atoms with Crippen LogP contribution in [0, 0.1) is 11.8 Å². The van der Waals surface area contributed by atoms with E-state index in [9.17, 15) is 0 Å². The van der Waals surface area contributed by atoms with E-state index >= 15 is 0 Å². The number of ether oxygens (including phenoxy) is 1. The van der Waals surface area contributed by atoms with Crippen LogP contribution in [0.15, 0.2) is 0 Å². The molecule has 2 aliphatic carbocycles. The first-order valence-electron chi connectivity index (χ1n) is 8.12. The van der Waals surface area contributed by atoms with Gasteiger partial charge in [0.15, 0.2) is 0 Å². The smallest absolute Gasteiger partial charge is 0.0685 e. The fourth-order valence-electron chi connectivity index (χ4n) is 4.72. The number of hydrogen-bond acceptors (Lipinski definition) is 2. The Kier molecular flexibility index (Phi) is 3.95. The van der Waals surface area contributed by atoms with Crippen LogP contribution in [0.3, 0.4) is 0 Å². The summed E-state index contributed by atoms with van der Waals surface area (Å²) in [5.41, 5.74) is 0.304. The molecule has 3 atom stereocenters. The van der Waals surface area contributed by atoms with Crippen molar-refractivity contribution in [1.82, 2.24) is 5.32 Å². The lowest BCUT2D eigenvalue weighted by molar-refractivity contribution is -0.124. The van der Waals surface area contributed by atoms with Gasteiger partial charge in [0.05, 0.1) is 5.60 Å². The molecule has 104 valence electrons. The van der Waals surface area contributed by atoms with Gasteiger partial charge in [0, 0.05) is 12.6 Å². The van der Waals surface area contributed by atoms with E-state index in [0.29, 0.717) is 5.60 Å². The quantitative estimate of drug-likeness (QED) is 0.811. The molecule has 3 aliphatic rings. The van der Waals surface area contributed by atoms with E-state index in [0.717, 1.165) is 24.5 Å². The van der Waals surface area contributed by atoms with E-state index in [1.165, 1.54) is 64.2 Å². The molecule has 0 aromatic heterocycles. The summed E-state index contributed by atoms with van der Waals surface area (Å²) in [6, 6.07) is 0.792. The van der Waals surface area contributed by atoms with Gasteiger partial charge < -0.3 is 10.1 Å². The minimum atomic E-state index is 0.304. The van der Waals surface area contributed by atoms with Crippen LogP contribution in [-0.4, -0.2) is 25.3 Å². The zero-order chi connectivity index (χ0) is 12.4. The number of hydrogen-bond donors (Lipinski definition) is 1. The van der Waals surface area contributed by atoms with E-state index in [2.05, 4.69) is 12.4 Å². The Morgan fingerprint density at radius 2 is 1.83 bits per heavy atom. The molecule has 1 aliphatic heterocycles. The molecule has 0 aromatic rings. The highest BCUT2D eigenvalue weighted by molar-refractivity contribution is 4.93. The van der Waals surface area contributed by atoms with E-state index in [-0.39, 0.29) is 0 Å². The molecular formula is C16H29NO. The second-order valence-electron chi connectivity index (χ2n) is 6.90. The standard InChI is InChI=1S/C16H29NO/c1-17-15-6-5-13(11-15)14-7-10-18-16(12-14)8-3-2-4-9-16/h13-15,17H,2-12H2,1H3. The van der Waals surface area contributed by atoms with Gasteiger partial charge in [-0.15, -0.1) is 0 Å². The highest BCUT2D eigenvalue weighted by Crippen LogP contribution is 2.46. The second-order valence-corrected chi connectivity index (χ2v) is 6.90. The van der Waals surface area contributed by atoms with Gasteiger partial charge in [0.2, 0.25) is 0 Å². The summed E-state index contributed by atoms with van der Waals surface area (Å²) in [6.07, 6.45) is 13.9. The summed E-state index contributed by atoms with van der Waals surface area (Å²) >= 11 is 0. The maximum absolute atomic E-state index is 6.23. The van der Waals surface area contributed by atoms with Gasteiger partial charge >= 0.3 is 0 Å². The average molecular weight is 251 g/mol. The second kappa shape index (κ2) is 5.50. The summed E-state index contributed by atoms with van der Waals surface area (Å²) in [7, 11) is 2.12. The SMILES string of the molecule is CNC1CCC(C2CCOC3(CCCCC3)C2)C1. The molecule has 3 unspecified atom stereocenters. The Labute approximate surface area is 112 Å². The maximum Gasteiger partial charge on any atom is 0.0685 e. The molecule has 2 heteroatoms. The summed E-state index contributed by atoms with van der Waals surface area (Å²) in [5.74, 6) is 1.93. The molecule has 2 nitrogen and oxygen atoms in total. The normalized spacial score (nSPS) is 40.2. The van der Waals surface area contributed by atoms with Gasteiger partial charge in [-0.25, -0.2) is 0 Å². The molecule has 0 aromatic carbocycles. The van der Waals surface area contributed by atoms with Crippen molar-refractivity contribution < 1.29 is 4.74 Å². The fourth-order valence-corrected chi connectivity index (χ4v) is 4.72. The first kappa shape index (κ1) is 12.9. The minimum Gasteiger partial charge on any atom is -0.375 e. The van der Waals surface area contributed by atoms with E-state index < -0.39 is 0 Å². The maximum atomic E-state index is 6.23. The van der Waals surface area contributed by atoms with Crippen LogP contribution in [0.4, 0.5) is 0 Å². The fraction of sp³-hybridized carbons (Fsp3) is 1.00. The average Bonchev–Trinajstić information content (AvgIpc) is 2.88. The monoisotopic (exact) mass is 251 g/mol. The lowest BCUT2D eigenvalue weighted by Gasteiger charge is -2.45. The molecule has 18 heavy (non-hydrogen) atoms. The van der Waals surface area contributed by atoms with Crippen molar-refractivity contribution in [2.75, 3.05) is 13.7 Å². The summed E-state index contributed by atoms with van der Waals surface area (Å²) in [4.78, 5) is 0. The molecule has 3 fully saturated rings.